The minimum atomic E-state index is -0.0841. The first kappa shape index (κ1) is 15.1. The van der Waals surface area contributed by atoms with Gasteiger partial charge < -0.3 is 5.32 Å². The molecule has 0 unspecified atom stereocenters. The van der Waals surface area contributed by atoms with Gasteiger partial charge in [0.2, 0.25) is 0 Å². The van der Waals surface area contributed by atoms with E-state index in [2.05, 4.69) is 5.32 Å². The zero-order valence-corrected chi connectivity index (χ0v) is 14.3. The van der Waals surface area contributed by atoms with Crippen LogP contribution in [-0.2, 0) is 0 Å². The Labute approximate surface area is 145 Å². The molecule has 4 rings (SSSR count). The highest BCUT2D eigenvalue weighted by molar-refractivity contribution is 7.10. The Morgan fingerprint density at radius 3 is 2.71 bits per heavy atom. The normalized spacial score (nSPS) is 15.2. The van der Waals surface area contributed by atoms with Gasteiger partial charge in [0.25, 0.3) is 5.91 Å². The van der Waals surface area contributed by atoms with E-state index in [1.54, 1.807) is 16.0 Å². The van der Waals surface area contributed by atoms with Crippen LogP contribution in [0, 0.1) is 0 Å². The molecule has 0 radical (unpaired) electrons. The molecule has 0 aliphatic heterocycles. The maximum atomic E-state index is 12.8. The lowest BCUT2D eigenvalue weighted by Gasteiger charge is -2.13. The molecular weight excluding hydrogens is 318 g/mol. The first-order valence-electron chi connectivity index (χ1n) is 8.22. The molecule has 0 bridgehead atoms. The Morgan fingerprint density at radius 2 is 2.04 bits per heavy atom. The maximum absolute atomic E-state index is 12.8. The van der Waals surface area contributed by atoms with E-state index < -0.39 is 0 Å². The lowest BCUT2D eigenvalue weighted by Crippen LogP contribution is -2.28. The molecule has 1 atom stereocenters. The van der Waals surface area contributed by atoms with Crippen molar-refractivity contribution in [2.45, 2.75) is 31.7 Å². The Balaban J connectivity index is 1.64. The monoisotopic (exact) mass is 337 g/mol. The number of para-hydroxylation sites is 1. The lowest BCUT2D eigenvalue weighted by molar-refractivity contribution is 0.0932. The molecule has 24 heavy (non-hydrogen) atoms. The van der Waals surface area contributed by atoms with Crippen LogP contribution in [0.2, 0.25) is 0 Å². The van der Waals surface area contributed by atoms with Crippen LogP contribution >= 0.6 is 11.3 Å². The van der Waals surface area contributed by atoms with E-state index in [1.807, 2.05) is 60.8 Å². The molecule has 5 heteroatoms. The summed E-state index contributed by atoms with van der Waals surface area (Å²) in [5.74, 6) is 0.426. The number of carbonyl (C=O) groups is 1. The molecule has 1 aliphatic rings. The molecule has 1 N–H and O–H groups in total. The van der Waals surface area contributed by atoms with Crippen LogP contribution in [0.4, 0.5) is 0 Å². The quantitative estimate of drug-likeness (QED) is 0.754. The lowest BCUT2D eigenvalue weighted by atomic mass is 10.2. The van der Waals surface area contributed by atoms with Crippen LogP contribution in [0.5, 0.6) is 0 Å². The van der Waals surface area contributed by atoms with E-state index in [-0.39, 0.29) is 11.9 Å². The van der Waals surface area contributed by atoms with Gasteiger partial charge in [0, 0.05) is 10.8 Å². The van der Waals surface area contributed by atoms with E-state index in [0.717, 1.165) is 16.3 Å². The molecule has 2 heterocycles. The summed E-state index contributed by atoms with van der Waals surface area (Å²) >= 11 is 1.65. The summed E-state index contributed by atoms with van der Waals surface area (Å²) in [5, 5.41) is 9.81. The van der Waals surface area contributed by atoms with Gasteiger partial charge in [0.05, 0.1) is 17.4 Å². The largest absolute Gasteiger partial charge is 0.343 e. The molecule has 0 saturated heterocycles. The summed E-state index contributed by atoms with van der Waals surface area (Å²) in [6.45, 7) is 2.01. The second kappa shape index (κ2) is 6.24. The van der Waals surface area contributed by atoms with E-state index in [0.29, 0.717) is 11.6 Å². The molecule has 2 aromatic heterocycles. The summed E-state index contributed by atoms with van der Waals surface area (Å²) < 4.78 is 1.77. The number of nitrogens with one attached hydrogen (secondary N) is 1. The van der Waals surface area contributed by atoms with Crippen molar-refractivity contribution in [3.8, 4) is 5.69 Å². The van der Waals surface area contributed by atoms with Crippen molar-refractivity contribution in [2.75, 3.05) is 0 Å². The number of hydrogen-bond donors (Lipinski definition) is 1. The van der Waals surface area contributed by atoms with E-state index in [9.17, 15) is 4.79 Å². The Morgan fingerprint density at radius 1 is 1.25 bits per heavy atom. The molecule has 1 saturated carbocycles. The zero-order valence-electron chi connectivity index (χ0n) is 13.5. The van der Waals surface area contributed by atoms with Gasteiger partial charge in [0.1, 0.15) is 5.69 Å². The van der Waals surface area contributed by atoms with Crippen molar-refractivity contribution in [1.82, 2.24) is 15.1 Å². The number of carbonyl (C=O) groups excluding carboxylic acids is 1. The van der Waals surface area contributed by atoms with Gasteiger partial charge in [-0.25, -0.2) is 4.68 Å². The SMILES string of the molecule is C[C@@H](NC(=O)c1cc(C2CC2)nn1-c1ccccc1)c1cccs1. The third kappa shape index (κ3) is 2.99. The number of amides is 1. The number of thiophene rings is 1. The van der Waals surface area contributed by atoms with Crippen molar-refractivity contribution in [3.63, 3.8) is 0 Å². The molecule has 1 amide bonds. The molecule has 3 aromatic rings. The Hall–Kier alpha value is -2.40. The number of nitrogens with zero attached hydrogens (tertiary/aromatic N) is 2. The third-order valence-electron chi connectivity index (χ3n) is 4.27. The van der Waals surface area contributed by atoms with Crippen molar-refractivity contribution in [3.05, 3.63) is 70.2 Å². The number of aromatic nitrogens is 2. The molecular formula is C19H19N3OS. The van der Waals surface area contributed by atoms with Gasteiger partial charge in [-0.3, -0.25) is 4.79 Å². The van der Waals surface area contributed by atoms with Gasteiger partial charge in [-0.1, -0.05) is 24.3 Å². The van der Waals surface area contributed by atoms with Crippen LogP contribution in [0.3, 0.4) is 0 Å². The van der Waals surface area contributed by atoms with E-state index in [1.165, 1.54) is 12.8 Å². The smallest absolute Gasteiger partial charge is 0.270 e. The van der Waals surface area contributed by atoms with Crippen LogP contribution in [0.15, 0.2) is 53.9 Å². The third-order valence-corrected chi connectivity index (χ3v) is 5.33. The van der Waals surface area contributed by atoms with Crippen LogP contribution < -0.4 is 5.32 Å². The Bertz CT molecular complexity index is 835. The molecule has 4 nitrogen and oxygen atoms in total. The zero-order chi connectivity index (χ0) is 16.5. The maximum Gasteiger partial charge on any atom is 0.270 e. The first-order chi connectivity index (χ1) is 11.7. The van der Waals surface area contributed by atoms with Gasteiger partial charge >= 0.3 is 0 Å². The van der Waals surface area contributed by atoms with Gasteiger partial charge in [-0.15, -0.1) is 11.3 Å². The second-order valence-corrected chi connectivity index (χ2v) is 7.17. The first-order valence-corrected chi connectivity index (χ1v) is 9.10. The summed E-state index contributed by atoms with van der Waals surface area (Å²) in [7, 11) is 0. The van der Waals surface area contributed by atoms with Crippen molar-refractivity contribution >= 4 is 17.2 Å². The number of rotatable bonds is 5. The predicted molar refractivity (Wildman–Crippen MR) is 95.7 cm³/mol. The average Bonchev–Trinajstić information content (AvgIpc) is 3.14. The summed E-state index contributed by atoms with van der Waals surface area (Å²) in [4.78, 5) is 14.0. The number of benzene rings is 1. The van der Waals surface area contributed by atoms with E-state index >= 15 is 0 Å². The van der Waals surface area contributed by atoms with Crippen molar-refractivity contribution < 1.29 is 4.79 Å². The fourth-order valence-corrected chi connectivity index (χ4v) is 3.52. The predicted octanol–water partition coefficient (Wildman–Crippen LogP) is 4.30. The fraction of sp³-hybridized carbons (Fsp3) is 0.263. The summed E-state index contributed by atoms with van der Waals surface area (Å²) in [5.41, 5.74) is 2.54. The molecule has 1 fully saturated rings. The fourth-order valence-electron chi connectivity index (χ4n) is 2.79. The summed E-state index contributed by atoms with van der Waals surface area (Å²) in [6.07, 6.45) is 2.33. The van der Waals surface area contributed by atoms with Gasteiger partial charge in [-0.05, 0) is 49.4 Å². The highest BCUT2D eigenvalue weighted by atomic mass is 32.1. The highest BCUT2D eigenvalue weighted by Crippen LogP contribution is 2.39. The summed E-state index contributed by atoms with van der Waals surface area (Å²) in [6, 6.07) is 15.8. The average molecular weight is 337 g/mol. The van der Waals surface area contributed by atoms with Crippen LogP contribution in [0.25, 0.3) is 5.69 Å². The van der Waals surface area contributed by atoms with Gasteiger partial charge in [-0.2, -0.15) is 5.10 Å². The van der Waals surface area contributed by atoms with Crippen LogP contribution in [0.1, 0.15) is 52.8 Å². The standard InChI is InChI=1S/C19H19N3OS/c1-13(18-8-5-11-24-18)20-19(23)17-12-16(14-9-10-14)21-22(17)15-6-3-2-4-7-15/h2-8,11-14H,9-10H2,1H3,(H,20,23)/t13-/m1/s1. The highest BCUT2D eigenvalue weighted by Gasteiger charge is 2.29. The van der Waals surface area contributed by atoms with Crippen molar-refractivity contribution in [1.29, 1.82) is 0 Å². The molecule has 122 valence electrons. The molecule has 1 aromatic carbocycles. The van der Waals surface area contributed by atoms with Gasteiger partial charge in [0.15, 0.2) is 0 Å². The number of hydrogen-bond acceptors (Lipinski definition) is 3. The van der Waals surface area contributed by atoms with Crippen LogP contribution in [-0.4, -0.2) is 15.7 Å². The minimum Gasteiger partial charge on any atom is -0.343 e. The Kier molecular flexibility index (Phi) is 3.94. The van der Waals surface area contributed by atoms with E-state index in [4.69, 9.17) is 5.10 Å². The van der Waals surface area contributed by atoms with Crippen molar-refractivity contribution in [2.24, 2.45) is 0 Å². The molecule has 1 aliphatic carbocycles. The minimum absolute atomic E-state index is 0.0130. The topological polar surface area (TPSA) is 46.9 Å². The molecule has 0 spiro atoms. The second-order valence-electron chi connectivity index (χ2n) is 6.19.